The van der Waals surface area contributed by atoms with E-state index in [1.165, 1.54) is 6.07 Å². The first-order valence-electron chi connectivity index (χ1n) is 5.95. The molecule has 1 aromatic rings. The summed E-state index contributed by atoms with van der Waals surface area (Å²) in [6.45, 7) is 6.36. The molecule has 1 aromatic carbocycles. The summed E-state index contributed by atoms with van der Waals surface area (Å²) in [5, 5.41) is 8.78. The van der Waals surface area contributed by atoms with Crippen molar-refractivity contribution in [2.24, 2.45) is 11.1 Å². The standard InChI is InChI=1S/C14H20FN3/c1-14(2,9-17)10-18(3)8-11-4-5-13(15)12(6-11)7-16/h4-6H,8-10,17H2,1-3H3. The van der Waals surface area contributed by atoms with Crippen molar-refractivity contribution in [3.8, 4) is 6.07 Å². The van der Waals surface area contributed by atoms with E-state index in [1.807, 2.05) is 13.1 Å². The van der Waals surface area contributed by atoms with Crippen molar-refractivity contribution in [2.45, 2.75) is 20.4 Å². The van der Waals surface area contributed by atoms with Gasteiger partial charge < -0.3 is 10.6 Å². The van der Waals surface area contributed by atoms with Gasteiger partial charge in [0.25, 0.3) is 0 Å². The number of rotatable bonds is 5. The molecule has 0 spiro atoms. The average Bonchev–Trinajstić information content (AvgIpc) is 2.31. The molecule has 0 unspecified atom stereocenters. The van der Waals surface area contributed by atoms with Gasteiger partial charge in [-0.25, -0.2) is 4.39 Å². The highest BCUT2D eigenvalue weighted by atomic mass is 19.1. The van der Waals surface area contributed by atoms with Crippen molar-refractivity contribution in [2.75, 3.05) is 20.1 Å². The molecule has 0 saturated heterocycles. The fourth-order valence-corrected chi connectivity index (χ4v) is 1.92. The third-order valence-corrected chi connectivity index (χ3v) is 2.85. The summed E-state index contributed by atoms with van der Waals surface area (Å²) in [7, 11) is 1.99. The molecule has 3 nitrogen and oxygen atoms in total. The fourth-order valence-electron chi connectivity index (χ4n) is 1.92. The van der Waals surface area contributed by atoms with E-state index in [4.69, 9.17) is 11.0 Å². The van der Waals surface area contributed by atoms with E-state index in [-0.39, 0.29) is 11.0 Å². The lowest BCUT2D eigenvalue weighted by Gasteiger charge is -2.29. The minimum Gasteiger partial charge on any atom is -0.330 e. The van der Waals surface area contributed by atoms with Crippen LogP contribution in [0.3, 0.4) is 0 Å². The summed E-state index contributed by atoms with van der Waals surface area (Å²) in [4.78, 5) is 2.13. The Hall–Kier alpha value is -1.44. The number of halogens is 1. The van der Waals surface area contributed by atoms with Crippen molar-refractivity contribution >= 4 is 0 Å². The Morgan fingerprint density at radius 2 is 2.11 bits per heavy atom. The molecule has 1 rings (SSSR count). The van der Waals surface area contributed by atoms with Crippen LogP contribution in [0.5, 0.6) is 0 Å². The molecule has 0 aliphatic rings. The van der Waals surface area contributed by atoms with E-state index in [0.29, 0.717) is 13.1 Å². The predicted octanol–water partition coefficient (Wildman–Crippen LogP) is 2.11. The molecule has 0 heterocycles. The van der Waals surface area contributed by atoms with Gasteiger partial charge in [-0.1, -0.05) is 19.9 Å². The fraction of sp³-hybridized carbons (Fsp3) is 0.500. The first kappa shape index (κ1) is 14.6. The van der Waals surface area contributed by atoms with E-state index >= 15 is 0 Å². The van der Waals surface area contributed by atoms with Crippen LogP contribution in [0.4, 0.5) is 4.39 Å². The zero-order valence-electron chi connectivity index (χ0n) is 11.2. The van der Waals surface area contributed by atoms with Crippen molar-refractivity contribution in [3.05, 3.63) is 35.1 Å². The average molecular weight is 249 g/mol. The summed E-state index contributed by atoms with van der Waals surface area (Å²) in [6.07, 6.45) is 0. The van der Waals surface area contributed by atoms with Crippen LogP contribution in [0.1, 0.15) is 25.0 Å². The molecule has 0 bridgehead atoms. The van der Waals surface area contributed by atoms with Crippen LogP contribution >= 0.6 is 0 Å². The maximum absolute atomic E-state index is 13.2. The second-order valence-corrected chi connectivity index (χ2v) is 5.47. The molecule has 0 aliphatic carbocycles. The van der Waals surface area contributed by atoms with Gasteiger partial charge in [-0.3, -0.25) is 0 Å². The minimum absolute atomic E-state index is 0.0485. The van der Waals surface area contributed by atoms with E-state index in [0.717, 1.165) is 12.1 Å². The Bertz CT molecular complexity index is 449. The Kier molecular flexibility index (Phi) is 4.83. The Labute approximate surface area is 108 Å². The van der Waals surface area contributed by atoms with Crippen molar-refractivity contribution in [1.29, 1.82) is 5.26 Å². The van der Waals surface area contributed by atoms with Crippen LogP contribution in [0, 0.1) is 22.6 Å². The summed E-state index contributed by atoms with van der Waals surface area (Å²) in [5.41, 5.74) is 6.77. The molecular formula is C14H20FN3. The summed E-state index contributed by atoms with van der Waals surface area (Å²) in [6, 6.07) is 6.51. The lowest BCUT2D eigenvalue weighted by molar-refractivity contribution is 0.210. The zero-order valence-corrected chi connectivity index (χ0v) is 11.2. The number of nitrogens with zero attached hydrogens (tertiary/aromatic N) is 2. The molecular weight excluding hydrogens is 229 g/mol. The third kappa shape index (κ3) is 4.10. The van der Waals surface area contributed by atoms with Gasteiger partial charge in [0.2, 0.25) is 0 Å². The zero-order chi connectivity index (χ0) is 13.8. The van der Waals surface area contributed by atoms with E-state index in [1.54, 1.807) is 12.1 Å². The largest absolute Gasteiger partial charge is 0.330 e. The van der Waals surface area contributed by atoms with Crippen LogP contribution in [0.25, 0.3) is 0 Å². The van der Waals surface area contributed by atoms with Crippen molar-refractivity contribution < 1.29 is 4.39 Å². The maximum atomic E-state index is 13.2. The lowest BCUT2D eigenvalue weighted by atomic mass is 9.93. The molecule has 0 aromatic heterocycles. The SMILES string of the molecule is CN(Cc1ccc(F)c(C#N)c1)CC(C)(C)CN. The number of benzene rings is 1. The second kappa shape index (κ2) is 5.94. The molecule has 0 amide bonds. The molecule has 98 valence electrons. The molecule has 18 heavy (non-hydrogen) atoms. The Morgan fingerprint density at radius 1 is 1.44 bits per heavy atom. The normalized spacial score (nSPS) is 11.6. The summed E-state index contributed by atoms with van der Waals surface area (Å²) < 4.78 is 13.2. The van der Waals surface area contributed by atoms with Gasteiger partial charge >= 0.3 is 0 Å². The van der Waals surface area contributed by atoms with Crippen LogP contribution in [0.2, 0.25) is 0 Å². The molecule has 0 aliphatic heterocycles. The van der Waals surface area contributed by atoms with E-state index < -0.39 is 5.82 Å². The maximum Gasteiger partial charge on any atom is 0.140 e. The monoisotopic (exact) mass is 249 g/mol. The van der Waals surface area contributed by atoms with E-state index in [9.17, 15) is 4.39 Å². The highest BCUT2D eigenvalue weighted by molar-refractivity contribution is 5.34. The molecule has 0 fully saturated rings. The van der Waals surface area contributed by atoms with Crippen LogP contribution < -0.4 is 5.73 Å². The third-order valence-electron chi connectivity index (χ3n) is 2.85. The highest BCUT2D eigenvalue weighted by Gasteiger charge is 2.18. The van der Waals surface area contributed by atoms with Gasteiger partial charge in [0.05, 0.1) is 5.56 Å². The van der Waals surface area contributed by atoms with Crippen LogP contribution in [0.15, 0.2) is 18.2 Å². The minimum atomic E-state index is -0.466. The molecule has 4 heteroatoms. The Morgan fingerprint density at radius 3 is 2.67 bits per heavy atom. The van der Waals surface area contributed by atoms with Crippen LogP contribution in [-0.4, -0.2) is 25.0 Å². The summed E-state index contributed by atoms with van der Waals surface area (Å²) >= 11 is 0. The van der Waals surface area contributed by atoms with Gasteiger partial charge in [0, 0.05) is 13.1 Å². The van der Waals surface area contributed by atoms with Gasteiger partial charge in [0.1, 0.15) is 11.9 Å². The smallest absolute Gasteiger partial charge is 0.140 e. The van der Waals surface area contributed by atoms with Gasteiger partial charge in [0.15, 0.2) is 0 Å². The molecule has 0 saturated carbocycles. The number of nitriles is 1. The van der Waals surface area contributed by atoms with Gasteiger partial charge in [-0.2, -0.15) is 5.26 Å². The van der Waals surface area contributed by atoms with Gasteiger partial charge in [-0.05, 0) is 36.7 Å². The molecule has 0 radical (unpaired) electrons. The number of hydrogen-bond donors (Lipinski definition) is 1. The van der Waals surface area contributed by atoms with Crippen molar-refractivity contribution in [3.63, 3.8) is 0 Å². The van der Waals surface area contributed by atoms with Crippen molar-refractivity contribution in [1.82, 2.24) is 4.90 Å². The number of hydrogen-bond acceptors (Lipinski definition) is 3. The second-order valence-electron chi connectivity index (χ2n) is 5.47. The van der Waals surface area contributed by atoms with E-state index in [2.05, 4.69) is 18.7 Å². The predicted molar refractivity (Wildman–Crippen MR) is 70.3 cm³/mol. The highest BCUT2D eigenvalue weighted by Crippen LogP contribution is 2.16. The van der Waals surface area contributed by atoms with Gasteiger partial charge in [-0.15, -0.1) is 0 Å². The Balaban J connectivity index is 2.71. The topological polar surface area (TPSA) is 53.0 Å². The lowest BCUT2D eigenvalue weighted by Crippen LogP contribution is -2.36. The molecule has 2 N–H and O–H groups in total. The number of nitrogens with two attached hydrogens (primary N) is 1. The summed E-state index contributed by atoms with van der Waals surface area (Å²) in [5.74, 6) is -0.466. The van der Waals surface area contributed by atoms with Crippen LogP contribution in [-0.2, 0) is 6.54 Å². The quantitative estimate of drug-likeness (QED) is 0.869. The first-order valence-corrected chi connectivity index (χ1v) is 5.95. The first-order chi connectivity index (χ1) is 8.38. The molecule has 0 atom stereocenters.